The number of carbonyl (C=O) groups is 1. The Kier molecular flexibility index (Phi) is 5.82. The molecule has 100 valence electrons. The van der Waals surface area contributed by atoms with E-state index in [1.807, 2.05) is 38.1 Å². The number of nitrogens with one attached hydrogen (secondary N) is 1. The Morgan fingerprint density at radius 1 is 1.39 bits per heavy atom. The third kappa shape index (κ3) is 4.47. The molecular weight excluding hydrogens is 228 g/mol. The van der Waals surface area contributed by atoms with Gasteiger partial charge in [-0.15, -0.1) is 0 Å². The van der Waals surface area contributed by atoms with Crippen molar-refractivity contribution in [2.75, 3.05) is 13.7 Å². The predicted octanol–water partition coefficient (Wildman–Crippen LogP) is 1.54. The monoisotopic (exact) mass is 250 g/mol. The molecule has 2 unspecified atom stereocenters. The first-order chi connectivity index (χ1) is 8.54. The summed E-state index contributed by atoms with van der Waals surface area (Å²) in [5, 5.41) is 2.90. The molecule has 0 saturated carbocycles. The molecule has 0 fully saturated rings. The second kappa shape index (κ2) is 7.13. The van der Waals surface area contributed by atoms with Gasteiger partial charge in [-0.2, -0.15) is 0 Å². The van der Waals surface area contributed by atoms with E-state index in [2.05, 4.69) is 5.32 Å². The predicted molar refractivity (Wildman–Crippen MR) is 72.2 cm³/mol. The number of hydrogen-bond donors (Lipinski definition) is 2. The molecular formula is C14H22N2O2. The van der Waals surface area contributed by atoms with Crippen molar-refractivity contribution in [1.82, 2.24) is 5.32 Å². The molecule has 1 aromatic rings. The maximum Gasteiger partial charge on any atom is 0.237 e. The van der Waals surface area contributed by atoms with Gasteiger partial charge >= 0.3 is 0 Å². The molecule has 2 atom stereocenters. The van der Waals surface area contributed by atoms with Crippen LogP contribution in [-0.4, -0.2) is 25.7 Å². The number of amides is 1. The summed E-state index contributed by atoms with van der Waals surface area (Å²) in [6, 6.07) is 7.54. The van der Waals surface area contributed by atoms with Crippen LogP contribution in [0.4, 0.5) is 0 Å². The van der Waals surface area contributed by atoms with Gasteiger partial charge in [-0.25, -0.2) is 0 Å². The summed E-state index contributed by atoms with van der Waals surface area (Å²) in [5.74, 6) is -0.139. The molecule has 18 heavy (non-hydrogen) atoms. The van der Waals surface area contributed by atoms with Crippen LogP contribution in [0, 0.1) is 6.92 Å². The largest absolute Gasteiger partial charge is 0.385 e. The summed E-state index contributed by atoms with van der Waals surface area (Å²) in [6.45, 7) is 4.48. The molecule has 0 bridgehead atoms. The van der Waals surface area contributed by atoms with Gasteiger partial charge in [0, 0.05) is 13.7 Å². The summed E-state index contributed by atoms with van der Waals surface area (Å²) >= 11 is 0. The topological polar surface area (TPSA) is 64.3 Å². The van der Waals surface area contributed by atoms with E-state index < -0.39 is 6.04 Å². The van der Waals surface area contributed by atoms with Crippen molar-refractivity contribution in [3.05, 3.63) is 35.4 Å². The van der Waals surface area contributed by atoms with E-state index in [1.54, 1.807) is 7.11 Å². The van der Waals surface area contributed by atoms with E-state index in [4.69, 9.17) is 10.5 Å². The summed E-state index contributed by atoms with van der Waals surface area (Å²) in [4.78, 5) is 11.8. The Hall–Kier alpha value is -1.39. The number of hydrogen-bond acceptors (Lipinski definition) is 3. The molecule has 0 radical (unpaired) electrons. The minimum Gasteiger partial charge on any atom is -0.385 e. The van der Waals surface area contributed by atoms with Crippen LogP contribution in [0.1, 0.15) is 30.5 Å². The van der Waals surface area contributed by atoms with Crippen LogP contribution >= 0.6 is 0 Å². The minimum atomic E-state index is -0.516. The highest BCUT2D eigenvalue weighted by molar-refractivity contribution is 5.81. The van der Waals surface area contributed by atoms with Crippen molar-refractivity contribution in [3.63, 3.8) is 0 Å². The quantitative estimate of drug-likeness (QED) is 0.805. The number of methoxy groups -OCH3 is 1. The van der Waals surface area contributed by atoms with Gasteiger partial charge in [0.15, 0.2) is 0 Å². The molecule has 4 nitrogen and oxygen atoms in total. The number of carbonyl (C=O) groups excluding carboxylic acids is 1. The van der Waals surface area contributed by atoms with E-state index in [0.29, 0.717) is 13.0 Å². The van der Waals surface area contributed by atoms with Gasteiger partial charge in [0.05, 0.1) is 12.1 Å². The van der Waals surface area contributed by atoms with E-state index in [-0.39, 0.29) is 11.9 Å². The molecule has 0 aliphatic carbocycles. The highest BCUT2D eigenvalue weighted by atomic mass is 16.5. The fraction of sp³-hybridized carbons (Fsp3) is 0.500. The standard InChI is InChI=1S/C14H22N2O2/c1-10-4-6-12(7-5-10)11(2)16-14(17)13(15)8-9-18-3/h4-7,11,13H,8-9,15H2,1-3H3,(H,16,17). The zero-order valence-corrected chi connectivity index (χ0v) is 11.3. The van der Waals surface area contributed by atoms with Crippen molar-refractivity contribution in [1.29, 1.82) is 0 Å². The van der Waals surface area contributed by atoms with E-state index in [9.17, 15) is 4.79 Å². The average molecular weight is 250 g/mol. The fourth-order valence-corrected chi connectivity index (χ4v) is 1.63. The lowest BCUT2D eigenvalue weighted by Crippen LogP contribution is -2.42. The maximum absolute atomic E-state index is 11.8. The molecule has 3 N–H and O–H groups in total. The lowest BCUT2D eigenvalue weighted by molar-refractivity contribution is -0.123. The molecule has 1 amide bonds. The zero-order chi connectivity index (χ0) is 13.5. The zero-order valence-electron chi connectivity index (χ0n) is 11.3. The molecule has 0 saturated heterocycles. The van der Waals surface area contributed by atoms with Crippen LogP contribution in [0.5, 0.6) is 0 Å². The highest BCUT2D eigenvalue weighted by Crippen LogP contribution is 2.13. The van der Waals surface area contributed by atoms with Crippen LogP contribution < -0.4 is 11.1 Å². The first kappa shape index (κ1) is 14.7. The van der Waals surface area contributed by atoms with Crippen LogP contribution in [0.15, 0.2) is 24.3 Å². The summed E-state index contributed by atoms with van der Waals surface area (Å²) in [7, 11) is 1.60. The SMILES string of the molecule is COCCC(N)C(=O)NC(C)c1ccc(C)cc1. The molecule has 0 heterocycles. The van der Waals surface area contributed by atoms with Gasteiger partial charge < -0.3 is 15.8 Å². The van der Waals surface area contributed by atoms with E-state index >= 15 is 0 Å². The van der Waals surface area contributed by atoms with Crippen molar-refractivity contribution in [3.8, 4) is 0 Å². The number of nitrogens with two attached hydrogens (primary N) is 1. The Balaban J connectivity index is 2.51. The Morgan fingerprint density at radius 3 is 2.56 bits per heavy atom. The molecule has 0 aliphatic rings. The number of aryl methyl sites for hydroxylation is 1. The Labute approximate surface area is 109 Å². The third-order valence-corrected chi connectivity index (χ3v) is 2.91. The van der Waals surface area contributed by atoms with Crippen LogP contribution in [0.25, 0.3) is 0 Å². The van der Waals surface area contributed by atoms with Crippen LogP contribution in [0.2, 0.25) is 0 Å². The number of benzene rings is 1. The third-order valence-electron chi connectivity index (χ3n) is 2.91. The van der Waals surface area contributed by atoms with Crippen molar-refractivity contribution >= 4 is 5.91 Å². The maximum atomic E-state index is 11.8. The van der Waals surface area contributed by atoms with Gasteiger partial charge in [0.25, 0.3) is 0 Å². The molecule has 1 aromatic carbocycles. The van der Waals surface area contributed by atoms with Gasteiger partial charge in [-0.1, -0.05) is 29.8 Å². The summed E-state index contributed by atoms with van der Waals surface area (Å²) < 4.78 is 4.91. The van der Waals surface area contributed by atoms with E-state index in [1.165, 1.54) is 5.56 Å². The molecule has 0 spiro atoms. The van der Waals surface area contributed by atoms with Gasteiger partial charge in [0.1, 0.15) is 0 Å². The van der Waals surface area contributed by atoms with Gasteiger partial charge in [0.2, 0.25) is 5.91 Å². The van der Waals surface area contributed by atoms with Crippen molar-refractivity contribution in [2.24, 2.45) is 5.73 Å². The average Bonchev–Trinajstić information content (AvgIpc) is 2.36. The van der Waals surface area contributed by atoms with Crippen molar-refractivity contribution in [2.45, 2.75) is 32.4 Å². The smallest absolute Gasteiger partial charge is 0.237 e. The summed E-state index contributed by atoms with van der Waals surface area (Å²) in [6.07, 6.45) is 0.531. The number of ether oxygens (including phenoxy) is 1. The molecule has 4 heteroatoms. The molecule has 0 aromatic heterocycles. The number of rotatable bonds is 6. The van der Waals surface area contributed by atoms with Gasteiger partial charge in [-0.05, 0) is 25.8 Å². The molecule has 0 aliphatic heterocycles. The fourth-order valence-electron chi connectivity index (χ4n) is 1.63. The second-order valence-corrected chi connectivity index (χ2v) is 4.53. The Bertz CT molecular complexity index is 376. The summed E-state index contributed by atoms with van der Waals surface area (Å²) in [5.41, 5.74) is 8.04. The Morgan fingerprint density at radius 2 is 2.00 bits per heavy atom. The normalized spacial score (nSPS) is 14.0. The first-order valence-corrected chi connectivity index (χ1v) is 6.16. The highest BCUT2D eigenvalue weighted by Gasteiger charge is 2.16. The minimum absolute atomic E-state index is 0.0355. The second-order valence-electron chi connectivity index (χ2n) is 4.53. The van der Waals surface area contributed by atoms with Gasteiger partial charge in [-0.3, -0.25) is 4.79 Å². The van der Waals surface area contributed by atoms with E-state index in [0.717, 1.165) is 5.56 Å². The van der Waals surface area contributed by atoms with Crippen molar-refractivity contribution < 1.29 is 9.53 Å². The van der Waals surface area contributed by atoms with Crippen LogP contribution in [-0.2, 0) is 9.53 Å². The van der Waals surface area contributed by atoms with Crippen LogP contribution in [0.3, 0.4) is 0 Å². The lowest BCUT2D eigenvalue weighted by Gasteiger charge is -2.18. The first-order valence-electron chi connectivity index (χ1n) is 6.16. The molecule has 1 rings (SSSR count). The lowest BCUT2D eigenvalue weighted by atomic mass is 10.1.